The van der Waals surface area contributed by atoms with E-state index in [9.17, 15) is 9.59 Å². The molecule has 1 aromatic carbocycles. The number of amides is 3. The van der Waals surface area contributed by atoms with E-state index in [1.165, 1.54) is 6.42 Å². The zero-order chi connectivity index (χ0) is 27.3. The third kappa shape index (κ3) is 5.28. The fourth-order valence-corrected chi connectivity index (χ4v) is 7.19. The molecule has 3 aliphatic carbocycles. The SMILES string of the molecule is CC(C)(C)OC(=O)N1CCC[C@@H]1CNC(=O)N[C@@H](Cc1ccccc1)B1O[C@@H]2C[C@@H]3C[C@@H](C3(C)C)[C@]2(C)O1. The molecule has 3 amide bonds. The van der Waals surface area contributed by atoms with Gasteiger partial charge in [-0.3, -0.25) is 0 Å². The van der Waals surface area contributed by atoms with E-state index in [1.54, 1.807) is 4.90 Å². The zero-order valence-electron chi connectivity index (χ0n) is 23.8. The highest BCUT2D eigenvalue weighted by Gasteiger charge is 2.68. The van der Waals surface area contributed by atoms with Crippen molar-refractivity contribution < 1.29 is 23.6 Å². The van der Waals surface area contributed by atoms with Crippen molar-refractivity contribution >= 4 is 19.2 Å². The first-order valence-corrected chi connectivity index (χ1v) is 14.3. The molecule has 1 aromatic rings. The van der Waals surface area contributed by atoms with Crippen LogP contribution in [0, 0.1) is 17.3 Å². The van der Waals surface area contributed by atoms with Crippen molar-refractivity contribution in [3.63, 3.8) is 0 Å². The number of urea groups is 1. The third-order valence-electron chi connectivity index (χ3n) is 9.42. The first-order valence-electron chi connectivity index (χ1n) is 14.3. The second-order valence-corrected chi connectivity index (χ2v) is 13.5. The van der Waals surface area contributed by atoms with Gasteiger partial charge in [-0.1, -0.05) is 44.2 Å². The van der Waals surface area contributed by atoms with Crippen LogP contribution in [0.4, 0.5) is 9.59 Å². The van der Waals surface area contributed by atoms with Gasteiger partial charge in [-0.15, -0.1) is 0 Å². The van der Waals surface area contributed by atoms with Crippen LogP contribution in [0.3, 0.4) is 0 Å². The van der Waals surface area contributed by atoms with Crippen LogP contribution in [0.1, 0.15) is 72.8 Å². The van der Waals surface area contributed by atoms with Crippen molar-refractivity contribution in [2.45, 2.75) is 103 Å². The van der Waals surface area contributed by atoms with Crippen LogP contribution in [-0.2, 0) is 20.5 Å². The lowest BCUT2D eigenvalue weighted by molar-refractivity contribution is -0.199. The maximum Gasteiger partial charge on any atom is 0.482 e. The van der Waals surface area contributed by atoms with Gasteiger partial charge in [0.2, 0.25) is 0 Å². The second-order valence-electron chi connectivity index (χ2n) is 13.5. The summed E-state index contributed by atoms with van der Waals surface area (Å²) in [5.74, 6) is 0.776. The van der Waals surface area contributed by atoms with Crippen molar-refractivity contribution in [1.82, 2.24) is 15.5 Å². The van der Waals surface area contributed by atoms with Crippen molar-refractivity contribution in [2.24, 2.45) is 17.3 Å². The average Bonchev–Trinajstić information content (AvgIpc) is 3.45. The fourth-order valence-electron chi connectivity index (χ4n) is 7.19. The van der Waals surface area contributed by atoms with E-state index >= 15 is 0 Å². The first-order chi connectivity index (χ1) is 17.9. The molecule has 2 saturated heterocycles. The fraction of sp³-hybridized carbons (Fsp3) is 0.724. The third-order valence-corrected chi connectivity index (χ3v) is 9.42. The molecule has 9 heteroatoms. The molecule has 3 saturated carbocycles. The molecule has 0 aromatic heterocycles. The van der Waals surface area contributed by atoms with Crippen molar-refractivity contribution in [3.8, 4) is 0 Å². The van der Waals surface area contributed by atoms with E-state index in [4.69, 9.17) is 14.0 Å². The molecule has 0 radical (unpaired) electrons. The van der Waals surface area contributed by atoms with Gasteiger partial charge >= 0.3 is 19.2 Å². The Kier molecular flexibility index (Phi) is 7.22. The number of carbonyl (C=O) groups excluding carboxylic acids is 2. The van der Waals surface area contributed by atoms with Gasteiger partial charge in [0.15, 0.2) is 0 Å². The summed E-state index contributed by atoms with van der Waals surface area (Å²) in [4.78, 5) is 27.5. The summed E-state index contributed by atoms with van der Waals surface area (Å²) < 4.78 is 18.8. The Hall–Kier alpha value is -2.26. The molecule has 38 heavy (non-hydrogen) atoms. The van der Waals surface area contributed by atoms with E-state index in [0.29, 0.717) is 31.3 Å². The molecule has 5 aliphatic rings. The highest BCUT2D eigenvalue weighted by molar-refractivity contribution is 6.48. The minimum absolute atomic E-state index is 0.0493. The normalized spacial score (nSPS) is 32.3. The predicted molar refractivity (Wildman–Crippen MR) is 147 cm³/mol. The summed E-state index contributed by atoms with van der Waals surface area (Å²) in [5, 5.41) is 6.16. The van der Waals surface area contributed by atoms with Gasteiger partial charge in [-0.2, -0.15) is 0 Å². The van der Waals surface area contributed by atoms with Gasteiger partial charge in [-0.05, 0) is 82.6 Å². The Morgan fingerprint density at radius 3 is 2.61 bits per heavy atom. The lowest BCUT2D eigenvalue weighted by atomic mass is 9.43. The van der Waals surface area contributed by atoms with Gasteiger partial charge in [0.25, 0.3) is 0 Å². The highest BCUT2D eigenvalue weighted by atomic mass is 16.7. The summed E-state index contributed by atoms with van der Waals surface area (Å²) in [6.45, 7) is 13.5. The Bertz CT molecular complexity index is 1030. The molecule has 6 atom stereocenters. The topological polar surface area (TPSA) is 89.1 Å². The number of rotatable bonds is 6. The number of hydrogen-bond donors (Lipinski definition) is 2. The van der Waals surface area contributed by atoms with E-state index in [1.807, 2.05) is 39.0 Å². The summed E-state index contributed by atoms with van der Waals surface area (Å²) in [6, 6.07) is 9.77. The number of likely N-dealkylation sites (tertiary alicyclic amines) is 1. The van der Waals surface area contributed by atoms with Gasteiger partial charge in [0.1, 0.15) is 5.60 Å². The minimum Gasteiger partial charge on any atom is -0.444 e. The molecule has 5 fully saturated rings. The lowest BCUT2D eigenvalue weighted by Gasteiger charge is -2.64. The molecule has 8 nitrogen and oxygen atoms in total. The standard InChI is InChI=1S/C29H44BN3O5/c1-27(2,3)36-26(35)33-14-10-13-21(33)18-31-25(34)32-24(15-19-11-8-7-9-12-19)30-37-23-17-20-16-22(28(20,4)5)29(23,6)38-30/h7-9,11-12,20-24H,10,13-18H2,1-6H3,(H2,31,32,34)/t20-,21+,22-,23+,24-,29-/m0/s1. The van der Waals surface area contributed by atoms with Crippen molar-refractivity contribution in [1.29, 1.82) is 0 Å². The average molecular weight is 525 g/mol. The zero-order valence-corrected chi connectivity index (χ0v) is 23.8. The van der Waals surface area contributed by atoms with Crippen LogP contribution < -0.4 is 10.6 Å². The van der Waals surface area contributed by atoms with Gasteiger partial charge < -0.3 is 29.6 Å². The Morgan fingerprint density at radius 2 is 1.92 bits per heavy atom. The first kappa shape index (κ1) is 27.3. The summed E-state index contributed by atoms with van der Waals surface area (Å²) in [5.41, 5.74) is 0.476. The van der Waals surface area contributed by atoms with Crippen LogP contribution in [-0.4, -0.2) is 66.5 Å². The number of nitrogens with one attached hydrogen (secondary N) is 2. The molecule has 2 bridgehead atoms. The van der Waals surface area contributed by atoms with E-state index in [0.717, 1.165) is 24.8 Å². The van der Waals surface area contributed by atoms with Crippen LogP contribution in [0.2, 0.25) is 0 Å². The number of ether oxygens (including phenoxy) is 1. The summed E-state index contributed by atoms with van der Waals surface area (Å²) >= 11 is 0. The predicted octanol–water partition coefficient (Wildman–Crippen LogP) is 4.56. The molecule has 0 spiro atoms. The molecule has 6 rings (SSSR count). The van der Waals surface area contributed by atoms with Crippen LogP contribution >= 0.6 is 0 Å². The number of benzene rings is 1. The maximum absolute atomic E-state index is 13.2. The highest BCUT2D eigenvalue weighted by Crippen LogP contribution is 2.65. The lowest BCUT2D eigenvalue weighted by Crippen LogP contribution is -2.65. The van der Waals surface area contributed by atoms with Crippen LogP contribution in [0.25, 0.3) is 0 Å². The van der Waals surface area contributed by atoms with Gasteiger partial charge in [0, 0.05) is 13.1 Å². The maximum atomic E-state index is 13.2. The molecule has 2 N–H and O–H groups in total. The molecule has 0 unspecified atom stereocenters. The van der Waals surface area contributed by atoms with E-state index in [-0.39, 0.29) is 41.2 Å². The Labute approximate surface area is 227 Å². The molecular weight excluding hydrogens is 481 g/mol. The minimum atomic E-state index is -0.551. The molecule has 208 valence electrons. The number of nitrogens with zero attached hydrogens (tertiary/aromatic N) is 1. The number of carbonyl (C=O) groups is 2. The smallest absolute Gasteiger partial charge is 0.444 e. The number of hydrogen-bond acceptors (Lipinski definition) is 5. The quantitative estimate of drug-likeness (QED) is 0.532. The summed E-state index contributed by atoms with van der Waals surface area (Å²) in [6.07, 6.45) is 4.24. The molecule has 2 aliphatic heterocycles. The largest absolute Gasteiger partial charge is 0.482 e. The van der Waals surface area contributed by atoms with Crippen LogP contribution in [0.15, 0.2) is 30.3 Å². The van der Waals surface area contributed by atoms with Crippen molar-refractivity contribution in [3.05, 3.63) is 35.9 Å². The monoisotopic (exact) mass is 525 g/mol. The van der Waals surface area contributed by atoms with Crippen molar-refractivity contribution in [2.75, 3.05) is 13.1 Å². The molecule has 2 heterocycles. The van der Waals surface area contributed by atoms with Crippen LogP contribution in [0.5, 0.6) is 0 Å². The van der Waals surface area contributed by atoms with Gasteiger partial charge in [0.05, 0.1) is 23.7 Å². The second kappa shape index (κ2) is 10.0. The van der Waals surface area contributed by atoms with E-state index in [2.05, 4.69) is 43.5 Å². The van der Waals surface area contributed by atoms with Gasteiger partial charge in [-0.25, -0.2) is 9.59 Å². The summed E-state index contributed by atoms with van der Waals surface area (Å²) in [7, 11) is -0.518. The molecular formula is C29H44BN3O5. The Balaban J connectivity index is 1.23. The Morgan fingerprint density at radius 1 is 1.18 bits per heavy atom. The van der Waals surface area contributed by atoms with E-state index < -0.39 is 12.7 Å².